The number of rotatable bonds is 9. The molecule has 1 amide bonds. The highest BCUT2D eigenvalue weighted by molar-refractivity contribution is 5.80. The highest BCUT2D eigenvalue weighted by Gasteiger charge is 2.22. The van der Waals surface area contributed by atoms with Crippen molar-refractivity contribution in [2.75, 3.05) is 58.3 Å². The lowest BCUT2D eigenvalue weighted by molar-refractivity contribution is -0.130. The lowest BCUT2D eigenvalue weighted by atomic mass is 10.1. The molecule has 1 saturated heterocycles. The number of anilines is 1. The van der Waals surface area contributed by atoms with Crippen LogP contribution in [0.2, 0.25) is 0 Å². The summed E-state index contributed by atoms with van der Waals surface area (Å²) in [7, 11) is 3.58. The maximum absolute atomic E-state index is 14.5. The first-order valence-corrected chi connectivity index (χ1v) is 11.4. The number of hydrogen-bond acceptors (Lipinski definition) is 4. The van der Waals surface area contributed by atoms with Crippen molar-refractivity contribution in [3.63, 3.8) is 0 Å². The fourth-order valence-electron chi connectivity index (χ4n) is 3.72. The van der Waals surface area contributed by atoms with Gasteiger partial charge in [0.15, 0.2) is 5.96 Å². The highest BCUT2D eigenvalue weighted by Crippen LogP contribution is 2.20. The predicted molar refractivity (Wildman–Crippen MR) is 126 cm³/mol. The Bertz CT molecular complexity index is 727. The molecule has 174 valence electrons. The topological polar surface area (TPSA) is 63.2 Å². The highest BCUT2D eigenvalue weighted by atomic mass is 19.1. The first-order chi connectivity index (χ1) is 14.9. The molecular formula is C23H39FN6O. The molecule has 0 bridgehead atoms. The molecule has 0 radical (unpaired) electrons. The third-order valence-electron chi connectivity index (χ3n) is 5.67. The van der Waals surface area contributed by atoms with E-state index in [0.717, 1.165) is 57.1 Å². The molecule has 0 saturated carbocycles. The summed E-state index contributed by atoms with van der Waals surface area (Å²) >= 11 is 0. The summed E-state index contributed by atoms with van der Waals surface area (Å²) in [6.45, 7) is 11.1. The average molecular weight is 435 g/mol. The van der Waals surface area contributed by atoms with Gasteiger partial charge in [-0.25, -0.2) is 9.38 Å². The quantitative estimate of drug-likeness (QED) is 0.461. The van der Waals surface area contributed by atoms with Crippen molar-refractivity contribution < 1.29 is 9.18 Å². The lowest BCUT2D eigenvalue weighted by Gasteiger charge is -2.33. The van der Waals surface area contributed by atoms with Crippen molar-refractivity contribution in [2.45, 2.75) is 46.2 Å². The number of carbonyl (C=O) groups excluding carboxylic acids is 1. The minimum Gasteiger partial charge on any atom is -0.370 e. The zero-order chi connectivity index (χ0) is 22.8. The normalized spacial score (nSPS) is 15.6. The van der Waals surface area contributed by atoms with Gasteiger partial charge in [-0.2, -0.15) is 0 Å². The monoisotopic (exact) mass is 434 g/mol. The van der Waals surface area contributed by atoms with E-state index in [1.807, 2.05) is 37.8 Å². The van der Waals surface area contributed by atoms with Crippen LogP contribution in [0.25, 0.3) is 0 Å². The molecule has 1 fully saturated rings. The molecule has 0 aliphatic carbocycles. The van der Waals surface area contributed by atoms with Crippen LogP contribution >= 0.6 is 0 Å². The summed E-state index contributed by atoms with van der Waals surface area (Å²) in [5.74, 6) is 0.688. The number of guanidine groups is 1. The Kier molecular flexibility index (Phi) is 10.0. The van der Waals surface area contributed by atoms with E-state index in [2.05, 4.69) is 20.5 Å². The number of likely N-dealkylation sites (tertiary alicyclic amines) is 1. The van der Waals surface area contributed by atoms with Gasteiger partial charge in [-0.05, 0) is 51.3 Å². The number of nitrogens with zero attached hydrogens (tertiary/aromatic N) is 4. The van der Waals surface area contributed by atoms with Crippen LogP contribution in [0.3, 0.4) is 0 Å². The first kappa shape index (κ1) is 24.9. The number of carbonyl (C=O) groups is 1. The van der Waals surface area contributed by atoms with E-state index in [4.69, 9.17) is 0 Å². The largest absolute Gasteiger partial charge is 0.370 e. The van der Waals surface area contributed by atoms with Crippen molar-refractivity contribution in [2.24, 2.45) is 4.99 Å². The number of amides is 1. The lowest BCUT2D eigenvalue weighted by Crippen LogP contribution is -2.50. The number of halogens is 1. The van der Waals surface area contributed by atoms with Gasteiger partial charge in [0.05, 0.1) is 18.8 Å². The first-order valence-electron chi connectivity index (χ1n) is 11.4. The van der Waals surface area contributed by atoms with E-state index in [1.54, 1.807) is 25.1 Å². The SMILES string of the molecule is CCNC(=NCc1ccc(N(CC)CC)c(F)c1)NC1CCN(CC(=O)N(C)C)CC1. The Morgan fingerprint density at radius 1 is 1.19 bits per heavy atom. The van der Waals surface area contributed by atoms with Crippen molar-refractivity contribution in [1.82, 2.24) is 20.4 Å². The van der Waals surface area contributed by atoms with Crippen molar-refractivity contribution in [1.29, 1.82) is 0 Å². The Balaban J connectivity index is 1.92. The number of aliphatic imine (C=N–C) groups is 1. The van der Waals surface area contributed by atoms with Crippen molar-refractivity contribution in [3.8, 4) is 0 Å². The van der Waals surface area contributed by atoms with Crippen LogP contribution in [0.1, 0.15) is 39.2 Å². The Morgan fingerprint density at radius 3 is 2.42 bits per heavy atom. The van der Waals surface area contributed by atoms with E-state index in [-0.39, 0.29) is 11.7 Å². The predicted octanol–water partition coefficient (Wildman–Crippen LogP) is 2.28. The van der Waals surface area contributed by atoms with Gasteiger partial charge < -0.3 is 20.4 Å². The van der Waals surface area contributed by atoms with Gasteiger partial charge in [0, 0.05) is 52.9 Å². The van der Waals surface area contributed by atoms with E-state index in [1.165, 1.54) is 0 Å². The molecule has 31 heavy (non-hydrogen) atoms. The molecule has 0 unspecified atom stereocenters. The van der Waals surface area contributed by atoms with Crippen molar-refractivity contribution in [3.05, 3.63) is 29.6 Å². The van der Waals surface area contributed by atoms with E-state index in [0.29, 0.717) is 24.8 Å². The maximum atomic E-state index is 14.5. The molecule has 1 aliphatic heterocycles. The minimum absolute atomic E-state index is 0.139. The third kappa shape index (κ3) is 7.69. The van der Waals surface area contributed by atoms with Crippen LogP contribution in [-0.4, -0.2) is 81.1 Å². The number of benzene rings is 1. The smallest absolute Gasteiger partial charge is 0.236 e. The van der Waals surface area contributed by atoms with Gasteiger partial charge in [0.25, 0.3) is 0 Å². The Morgan fingerprint density at radius 2 is 1.87 bits per heavy atom. The fraction of sp³-hybridized carbons (Fsp3) is 0.652. The van der Waals surface area contributed by atoms with Gasteiger partial charge >= 0.3 is 0 Å². The molecule has 2 rings (SSSR count). The van der Waals surface area contributed by atoms with Crippen LogP contribution in [0.15, 0.2) is 23.2 Å². The molecule has 7 nitrogen and oxygen atoms in total. The van der Waals surface area contributed by atoms with Gasteiger partial charge in [-0.3, -0.25) is 9.69 Å². The number of piperidine rings is 1. The fourth-order valence-corrected chi connectivity index (χ4v) is 3.72. The van der Waals surface area contributed by atoms with Crippen LogP contribution < -0.4 is 15.5 Å². The molecule has 1 heterocycles. The van der Waals surface area contributed by atoms with Gasteiger partial charge in [-0.1, -0.05) is 6.07 Å². The molecule has 2 N–H and O–H groups in total. The van der Waals surface area contributed by atoms with E-state index in [9.17, 15) is 9.18 Å². The summed E-state index contributed by atoms with van der Waals surface area (Å²) in [4.78, 5) is 22.4. The zero-order valence-electron chi connectivity index (χ0n) is 19.7. The average Bonchev–Trinajstić information content (AvgIpc) is 2.75. The summed E-state index contributed by atoms with van der Waals surface area (Å²) in [6.07, 6.45) is 1.91. The molecule has 0 spiro atoms. The van der Waals surface area contributed by atoms with Gasteiger partial charge in [-0.15, -0.1) is 0 Å². The molecule has 1 aromatic rings. The number of hydrogen-bond donors (Lipinski definition) is 2. The Hall–Kier alpha value is -2.35. The molecule has 1 aromatic carbocycles. The second kappa shape index (κ2) is 12.5. The molecule has 0 aromatic heterocycles. The second-order valence-corrected chi connectivity index (χ2v) is 8.14. The van der Waals surface area contributed by atoms with Crippen molar-refractivity contribution >= 4 is 17.6 Å². The number of nitrogens with one attached hydrogen (secondary N) is 2. The minimum atomic E-state index is -0.200. The molecule has 0 atom stereocenters. The van der Waals surface area contributed by atoms with Crippen LogP contribution in [0, 0.1) is 5.82 Å². The van der Waals surface area contributed by atoms with E-state index < -0.39 is 0 Å². The van der Waals surface area contributed by atoms with Gasteiger partial charge in [0.1, 0.15) is 5.82 Å². The van der Waals surface area contributed by atoms with Gasteiger partial charge in [0.2, 0.25) is 5.91 Å². The van der Waals surface area contributed by atoms with E-state index >= 15 is 0 Å². The molecule has 1 aliphatic rings. The number of likely N-dealkylation sites (N-methyl/N-ethyl adjacent to an activating group) is 1. The third-order valence-corrected chi connectivity index (χ3v) is 5.67. The maximum Gasteiger partial charge on any atom is 0.236 e. The Labute approximate surface area is 186 Å². The summed E-state index contributed by atoms with van der Waals surface area (Å²) in [6, 6.07) is 5.69. The summed E-state index contributed by atoms with van der Waals surface area (Å²) < 4.78 is 14.5. The molecule has 8 heteroatoms. The summed E-state index contributed by atoms with van der Waals surface area (Å²) in [5, 5.41) is 6.78. The van der Waals surface area contributed by atoms with Crippen LogP contribution in [0.4, 0.5) is 10.1 Å². The van der Waals surface area contributed by atoms with Crippen LogP contribution in [-0.2, 0) is 11.3 Å². The second-order valence-electron chi connectivity index (χ2n) is 8.14. The van der Waals surface area contributed by atoms with Crippen LogP contribution in [0.5, 0.6) is 0 Å². The standard InChI is InChI=1S/C23H39FN6O/c1-6-25-23(27-19-11-13-29(14-12-19)17-22(31)28(4)5)26-16-18-9-10-21(20(24)15-18)30(7-2)8-3/h9-10,15,19H,6-8,11-14,16-17H2,1-5H3,(H2,25,26,27). The zero-order valence-corrected chi connectivity index (χ0v) is 19.7. The molecular weight excluding hydrogens is 395 g/mol. The summed E-state index contributed by atoms with van der Waals surface area (Å²) in [5.41, 5.74) is 1.49.